The van der Waals surface area contributed by atoms with Crippen LogP contribution < -0.4 is 10.6 Å². The van der Waals surface area contributed by atoms with Crippen molar-refractivity contribution < 1.29 is 9.59 Å². The second-order valence-corrected chi connectivity index (χ2v) is 9.61. The van der Waals surface area contributed by atoms with Crippen LogP contribution in [0.25, 0.3) is 0 Å². The highest BCUT2D eigenvalue weighted by Gasteiger charge is 2.34. The summed E-state index contributed by atoms with van der Waals surface area (Å²) in [6.45, 7) is 3.81. The molecule has 3 fully saturated rings. The van der Waals surface area contributed by atoms with E-state index in [4.69, 9.17) is 11.6 Å². The first-order valence-corrected chi connectivity index (χ1v) is 11.8. The lowest BCUT2D eigenvalue weighted by atomic mass is 9.94. The maximum Gasteiger partial charge on any atom is 0.252 e. The fourth-order valence-electron chi connectivity index (χ4n) is 5.14. The van der Waals surface area contributed by atoms with Gasteiger partial charge in [0.2, 0.25) is 11.9 Å². The number of carbonyl (C=O) groups is 2. The fraction of sp³-hybridized carbons (Fsp3) is 0.857. The predicted octanol–water partition coefficient (Wildman–Crippen LogP) is 1.85. The minimum atomic E-state index is -0.606. The molecule has 0 aromatic rings. The largest absolute Gasteiger partial charge is 0.353 e. The number of nitrogens with zero attached hydrogens (tertiary/aromatic N) is 3. The van der Waals surface area contributed by atoms with Gasteiger partial charge in [0.05, 0.1) is 6.42 Å². The average Bonchev–Trinajstić information content (AvgIpc) is 3.10. The molecule has 2 N–H and O–H groups in total. The molecule has 4 aliphatic rings. The number of aliphatic imine (C=N–C) groups is 1. The summed E-state index contributed by atoms with van der Waals surface area (Å²) < 4.78 is 0. The Bertz CT molecular complexity index is 621. The van der Waals surface area contributed by atoms with Gasteiger partial charge in [-0.25, -0.2) is 4.99 Å². The molecule has 2 aliphatic heterocycles. The number of piperazine rings is 1. The highest BCUT2D eigenvalue weighted by molar-refractivity contribution is 6.20. The molecular weight excluding hydrogens is 390 g/mol. The summed E-state index contributed by atoms with van der Waals surface area (Å²) in [4.78, 5) is 34.1. The molecule has 162 valence electrons. The summed E-state index contributed by atoms with van der Waals surface area (Å²) in [6, 6.07) is 0.306. The third-order valence-corrected chi connectivity index (χ3v) is 7.36. The molecular formula is C21H34ClN5O2. The Balaban J connectivity index is 1.24. The van der Waals surface area contributed by atoms with Gasteiger partial charge in [-0.2, -0.15) is 0 Å². The van der Waals surface area contributed by atoms with Crippen LogP contribution in [0.3, 0.4) is 0 Å². The molecule has 0 aromatic heterocycles. The number of guanidine groups is 1. The van der Waals surface area contributed by atoms with E-state index >= 15 is 0 Å². The van der Waals surface area contributed by atoms with Crippen LogP contribution in [0.1, 0.15) is 64.2 Å². The van der Waals surface area contributed by atoms with Crippen LogP contribution in [0.15, 0.2) is 4.99 Å². The molecule has 2 amide bonds. The number of carbonyl (C=O) groups excluding carboxylic acids is 2. The van der Waals surface area contributed by atoms with Crippen LogP contribution in [0.4, 0.5) is 0 Å². The Labute approximate surface area is 178 Å². The Morgan fingerprint density at radius 3 is 2.41 bits per heavy atom. The van der Waals surface area contributed by atoms with E-state index in [1.165, 1.54) is 32.1 Å². The van der Waals surface area contributed by atoms with Crippen LogP contribution in [0.2, 0.25) is 0 Å². The number of hydrogen-bond acceptors (Lipinski definition) is 5. The van der Waals surface area contributed by atoms with Crippen molar-refractivity contribution in [1.29, 1.82) is 0 Å². The Kier molecular flexibility index (Phi) is 6.96. The third kappa shape index (κ3) is 5.43. The zero-order valence-corrected chi connectivity index (χ0v) is 18.0. The number of rotatable bonds is 4. The molecule has 0 aromatic carbocycles. The second-order valence-electron chi connectivity index (χ2n) is 8.99. The number of halogens is 1. The van der Waals surface area contributed by atoms with Crippen molar-refractivity contribution in [3.8, 4) is 0 Å². The standard InChI is InChI=1S/C21H34ClN5O2/c22-15-6-8-16(9-7-15)23-19(28)14-18-20(29)25-21(24-18)27-12-10-26(11-13-27)17-4-2-1-3-5-17/h15-18H,1-14H2,(H,23,28)(H,24,25,29). The quantitative estimate of drug-likeness (QED) is 0.676. The van der Waals surface area contributed by atoms with E-state index in [9.17, 15) is 9.59 Å². The van der Waals surface area contributed by atoms with Crippen molar-refractivity contribution in [1.82, 2.24) is 20.4 Å². The fourth-order valence-corrected chi connectivity index (χ4v) is 5.39. The van der Waals surface area contributed by atoms with Gasteiger partial charge in [0.1, 0.15) is 6.04 Å². The molecule has 29 heavy (non-hydrogen) atoms. The monoisotopic (exact) mass is 423 g/mol. The van der Waals surface area contributed by atoms with Gasteiger partial charge in [-0.1, -0.05) is 19.3 Å². The number of amides is 2. The lowest BCUT2D eigenvalue weighted by Gasteiger charge is -2.41. The first-order valence-electron chi connectivity index (χ1n) is 11.4. The van der Waals surface area contributed by atoms with Crippen LogP contribution in [0, 0.1) is 0 Å². The molecule has 1 saturated heterocycles. The average molecular weight is 424 g/mol. The molecule has 4 rings (SSSR count). The summed E-state index contributed by atoms with van der Waals surface area (Å²) >= 11 is 6.13. The summed E-state index contributed by atoms with van der Waals surface area (Å²) in [5.74, 6) is 0.406. The number of alkyl halides is 1. The minimum absolute atomic E-state index is 0.0877. The highest BCUT2D eigenvalue weighted by atomic mass is 35.5. The normalized spacial score (nSPS) is 32.0. The maximum atomic E-state index is 12.4. The van der Waals surface area contributed by atoms with E-state index in [-0.39, 0.29) is 29.7 Å². The summed E-state index contributed by atoms with van der Waals surface area (Å²) in [7, 11) is 0. The Morgan fingerprint density at radius 1 is 1.03 bits per heavy atom. The van der Waals surface area contributed by atoms with Crippen LogP contribution in [0.5, 0.6) is 0 Å². The van der Waals surface area contributed by atoms with Crippen LogP contribution in [-0.4, -0.2) is 77.3 Å². The first-order chi connectivity index (χ1) is 14.1. The highest BCUT2D eigenvalue weighted by Crippen LogP contribution is 2.24. The van der Waals surface area contributed by atoms with E-state index in [0.29, 0.717) is 5.96 Å². The van der Waals surface area contributed by atoms with E-state index in [2.05, 4.69) is 25.4 Å². The van der Waals surface area contributed by atoms with Gasteiger partial charge in [0.15, 0.2) is 0 Å². The zero-order chi connectivity index (χ0) is 20.2. The molecule has 1 unspecified atom stereocenters. The zero-order valence-electron chi connectivity index (χ0n) is 17.2. The molecule has 7 nitrogen and oxygen atoms in total. The molecule has 0 radical (unpaired) electrons. The van der Waals surface area contributed by atoms with Crippen molar-refractivity contribution in [3.05, 3.63) is 0 Å². The van der Waals surface area contributed by atoms with Crippen molar-refractivity contribution in [2.45, 2.75) is 87.7 Å². The maximum absolute atomic E-state index is 12.4. The molecule has 1 atom stereocenters. The van der Waals surface area contributed by atoms with Crippen LogP contribution in [-0.2, 0) is 9.59 Å². The summed E-state index contributed by atoms with van der Waals surface area (Å²) in [5.41, 5.74) is 0. The summed E-state index contributed by atoms with van der Waals surface area (Å²) in [6.07, 6.45) is 10.5. The molecule has 2 aliphatic carbocycles. The molecule has 8 heteroatoms. The minimum Gasteiger partial charge on any atom is -0.353 e. The van der Waals surface area contributed by atoms with Gasteiger partial charge in [-0.3, -0.25) is 19.8 Å². The van der Waals surface area contributed by atoms with Gasteiger partial charge in [-0.05, 0) is 38.5 Å². The molecule has 0 bridgehead atoms. The topological polar surface area (TPSA) is 77.0 Å². The lowest BCUT2D eigenvalue weighted by Crippen LogP contribution is -2.54. The lowest BCUT2D eigenvalue weighted by molar-refractivity contribution is -0.126. The molecule has 2 saturated carbocycles. The van der Waals surface area contributed by atoms with Crippen molar-refractivity contribution in [2.75, 3.05) is 26.2 Å². The van der Waals surface area contributed by atoms with Gasteiger partial charge >= 0.3 is 0 Å². The van der Waals surface area contributed by atoms with Gasteiger partial charge in [-0.15, -0.1) is 11.6 Å². The van der Waals surface area contributed by atoms with E-state index in [0.717, 1.165) is 57.9 Å². The van der Waals surface area contributed by atoms with Crippen molar-refractivity contribution in [3.63, 3.8) is 0 Å². The third-order valence-electron chi connectivity index (χ3n) is 6.92. The van der Waals surface area contributed by atoms with Crippen LogP contribution >= 0.6 is 11.6 Å². The second kappa shape index (κ2) is 9.65. The Hall–Kier alpha value is -1.34. The number of nitrogens with one attached hydrogen (secondary N) is 2. The molecule has 2 heterocycles. The van der Waals surface area contributed by atoms with E-state index < -0.39 is 6.04 Å². The molecule has 0 spiro atoms. The summed E-state index contributed by atoms with van der Waals surface area (Å²) in [5, 5.41) is 6.19. The predicted molar refractivity (Wildman–Crippen MR) is 114 cm³/mol. The van der Waals surface area contributed by atoms with Crippen molar-refractivity contribution >= 4 is 29.4 Å². The number of hydrogen-bond donors (Lipinski definition) is 2. The smallest absolute Gasteiger partial charge is 0.252 e. The van der Waals surface area contributed by atoms with E-state index in [1.807, 2.05) is 0 Å². The first kappa shape index (κ1) is 20.9. The van der Waals surface area contributed by atoms with Gasteiger partial charge in [0, 0.05) is 43.6 Å². The van der Waals surface area contributed by atoms with Gasteiger partial charge in [0.25, 0.3) is 5.91 Å². The van der Waals surface area contributed by atoms with Gasteiger partial charge < -0.3 is 10.2 Å². The van der Waals surface area contributed by atoms with E-state index in [1.54, 1.807) is 0 Å². The Morgan fingerprint density at radius 2 is 1.72 bits per heavy atom. The SMILES string of the molecule is O=C(CC1N=C(N2CCN(C3CCCCC3)CC2)NC1=O)NC1CCC(Cl)CC1. The van der Waals surface area contributed by atoms with Crippen molar-refractivity contribution in [2.24, 2.45) is 4.99 Å².